The topological polar surface area (TPSA) is 55.4 Å². The van der Waals surface area contributed by atoms with Gasteiger partial charge in [0.25, 0.3) is 0 Å². The number of rotatable bonds is 4. The zero-order valence-corrected chi connectivity index (χ0v) is 11.0. The molecule has 0 aliphatic rings. The van der Waals surface area contributed by atoms with Gasteiger partial charge in [-0.05, 0) is 36.0 Å². The Labute approximate surface area is 106 Å². The molecule has 0 saturated heterocycles. The summed E-state index contributed by atoms with van der Waals surface area (Å²) in [6, 6.07) is 5.77. The summed E-state index contributed by atoms with van der Waals surface area (Å²) in [6.45, 7) is 4.37. The van der Waals surface area contributed by atoms with Crippen LogP contribution in [0, 0.1) is 11.8 Å². The maximum absolute atomic E-state index is 11.4. The summed E-state index contributed by atoms with van der Waals surface area (Å²) in [4.78, 5) is 11.4. The molecule has 0 fully saturated rings. The number of fused-ring (bicyclic) bond motifs is 1. The second-order valence-electron chi connectivity index (χ2n) is 5.12. The van der Waals surface area contributed by atoms with Crippen LogP contribution in [0.2, 0.25) is 0 Å². The number of benzene rings is 1. The fourth-order valence-electron chi connectivity index (χ4n) is 2.12. The minimum absolute atomic E-state index is 0.175. The van der Waals surface area contributed by atoms with Crippen molar-refractivity contribution in [1.82, 2.24) is 4.57 Å². The Morgan fingerprint density at radius 2 is 2.11 bits per heavy atom. The molecule has 1 atom stereocenters. The fourth-order valence-corrected chi connectivity index (χ4v) is 2.12. The predicted molar refractivity (Wildman–Crippen MR) is 70.6 cm³/mol. The minimum atomic E-state index is -0.343. The summed E-state index contributed by atoms with van der Waals surface area (Å²) in [5.74, 6) is 0.316. The smallest absolute Gasteiger partial charge is 0.408 e. The molecule has 0 radical (unpaired) electrons. The summed E-state index contributed by atoms with van der Waals surface area (Å²) >= 11 is 0. The molecule has 4 heteroatoms. The SMILES string of the molecule is CC(C)C(CO)Cc1ccc2c(c1)oc(=O)n2C. The lowest BCUT2D eigenvalue weighted by Crippen LogP contribution is -2.16. The van der Waals surface area contributed by atoms with Crippen molar-refractivity contribution in [3.63, 3.8) is 0 Å². The quantitative estimate of drug-likeness (QED) is 0.901. The molecule has 18 heavy (non-hydrogen) atoms. The average Bonchev–Trinajstić information content (AvgIpc) is 2.61. The van der Waals surface area contributed by atoms with E-state index in [1.807, 2.05) is 18.2 Å². The third-order valence-corrected chi connectivity index (χ3v) is 3.53. The maximum Gasteiger partial charge on any atom is 0.419 e. The maximum atomic E-state index is 11.4. The fraction of sp³-hybridized carbons (Fsp3) is 0.500. The van der Waals surface area contributed by atoms with Crippen molar-refractivity contribution in [3.8, 4) is 0 Å². The second-order valence-corrected chi connectivity index (χ2v) is 5.12. The van der Waals surface area contributed by atoms with Crippen LogP contribution in [0.1, 0.15) is 19.4 Å². The summed E-state index contributed by atoms with van der Waals surface area (Å²) < 4.78 is 6.65. The van der Waals surface area contributed by atoms with Crippen molar-refractivity contribution >= 4 is 11.1 Å². The Morgan fingerprint density at radius 3 is 2.72 bits per heavy atom. The van der Waals surface area contributed by atoms with Gasteiger partial charge in [-0.2, -0.15) is 0 Å². The van der Waals surface area contributed by atoms with Gasteiger partial charge in [0.15, 0.2) is 5.58 Å². The molecule has 1 aromatic heterocycles. The van der Waals surface area contributed by atoms with Crippen molar-refractivity contribution in [2.75, 3.05) is 6.61 Å². The number of oxazole rings is 1. The Morgan fingerprint density at radius 1 is 1.39 bits per heavy atom. The predicted octanol–water partition coefficient (Wildman–Crippen LogP) is 1.94. The van der Waals surface area contributed by atoms with Gasteiger partial charge in [0.2, 0.25) is 0 Å². The molecule has 4 nitrogen and oxygen atoms in total. The number of nitrogens with zero attached hydrogens (tertiary/aromatic N) is 1. The highest BCUT2D eigenvalue weighted by molar-refractivity contribution is 5.73. The number of aliphatic hydroxyl groups is 1. The summed E-state index contributed by atoms with van der Waals surface area (Å²) in [5, 5.41) is 9.34. The lowest BCUT2D eigenvalue weighted by atomic mass is 9.90. The van der Waals surface area contributed by atoms with E-state index in [1.165, 1.54) is 4.57 Å². The molecular formula is C14H19NO3. The molecule has 0 aliphatic heterocycles. The van der Waals surface area contributed by atoms with Gasteiger partial charge < -0.3 is 9.52 Å². The molecule has 0 amide bonds. The summed E-state index contributed by atoms with van der Waals surface area (Å²) in [6.07, 6.45) is 0.794. The standard InChI is InChI=1S/C14H19NO3/c1-9(2)11(8-16)6-10-4-5-12-13(7-10)18-14(17)15(12)3/h4-5,7,9,11,16H,6,8H2,1-3H3. The zero-order chi connectivity index (χ0) is 13.3. The third-order valence-electron chi connectivity index (χ3n) is 3.53. The largest absolute Gasteiger partial charge is 0.419 e. The first kappa shape index (κ1) is 12.9. The number of aliphatic hydroxyl groups excluding tert-OH is 1. The average molecular weight is 249 g/mol. The first-order valence-corrected chi connectivity index (χ1v) is 6.22. The van der Waals surface area contributed by atoms with Gasteiger partial charge in [0.1, 0.15) is 0 Å². The van der Waals surface area contributed by atoms with Crippen LogP contribution in [0.5, 0.6) is 0 Å². The molecule has 1 heterocycles. The molecule has 98 valence electrons. The number of hydrogen-bond donors (Lipinski definition) is 1. The molecule has 2 aromatic rings. The van der Waals surface area contributed by atoms with E-state index < -0.39 is 0 Å². The van der Waals surface area contributed by atoms with Gasteiger partial charge in [-0.25, -0.2) is 4.79 Å². The summed E-state index contributed by atoms with van der Waals surface area (Å²) in [7, 11) is 1.69. The monoisotopic (exact) mass is 249 g/mol. The van der Waals surface area contributed by atoms with Crippen LogP contribution in [0.25, 0.3) is 11.1 Å². The van der Waals surface area contributed by atoms with Crippen LogP contribution in [0.15, 0.2) is 27.4 Å². The van der Waals surface area contributed by atoms with E-state index in [-0.39, 0.29) is 18.3 Å². The van der Waals surface area contributed by atoms with E-state index in [9.17, 15) is 9.90 Å². The van der Waals surface area contributed by atoms with Crippen molar-refractivity contribution in [1.29, 1.82) is 0 Å². The van der Waals surface area contributed by atoms with E-state index in [1.54, 1.807) is 7.05 Å². The van der Waals surface area contributed by atoms with E-state index >= 15 is 0 Å². The number of aromatic nitrogens is 1. The third kappa shape index (κ3) is 2.34. The van der Waals surface area contributed by atoms with Crippen molar-refractivity contribution in [2.45, 2.75) is 20.3 Å². The van der Waals surface area contributed by atoms with E-state index in [0.29, 0.717) is 11.5 Å². The Balaban J connectivity index is 2.33. The van der Waals surface area contributed by atoms with Gasteiger partial charge in [-0.15, -0.1) is 0 Å². The Hall–Kier alpha value is -1.55. The van der Waals surface area contributed by atoms with Gasteiger partial charge >= 0.3 is 5.76 Å². The van der Waals surface area contributed by atoms with Gasteiger partial charge in [0, 0.05) is 13.7 Å². The van der Waals surface area contributed by atoms with Crippen LogP contribution >= 0.6 is 0 Å². The molecule has 0 aliphatic carbocycles. The zero-order valence-electron chi connectivity index (χ0n) is 11.0. The van der Waals surface area contributed by atoms with Crippen molar-refractivity contribution in [2.24, 2.45) is 18.9 Å². The van der Waals surface area contributed by atoms with E-state index in [0.717, 1.165) is 17.5 Å². The highest BCUT2D eigenvalue weighted by Gasteiger charge is 2.14. The molecule has 0 saturated carbocycles. The van der Waals surface area contributed by atoms with Gasteiger partial charge in [0.05, 0.1) is 5.52 Å². The van der Waals surface area contributed by atoms with Gasteiger partial charge in [-0.3, -0.25) is 4.57 Å². The van der Waals surface area contributed by atoms with Crippen LogP contribution in [0.4, 0.5) is 0 Å². The number of hydrogen-bond acceptors (Lipinski definition) is 3. The van der Waals surface area contributed by atoms with Crippen LogP contribution in [-0.2, 0) is 13.5 Å². The first-order valence-electron chi connectivity index (χ1n) is 6.22. The highest BCUT2D eigenvalue weighted by atomic mass is 16.4. The lowest BCUT2D eigenvalue weighted by Gasteiger charge is -2.17. The van der Waals surface area contributed by atoms with E-state index in [2.05, 4.69) is 13.8 Å². The first-order chi connectivity index (χ1) is 8.52. The normalized spacial score (nSPS) is 13.4. The van der Waals surface area contributed by atoms with Gasteiger partial charge in [-0.1, -0.05) is 19.9 Å². The Bertz CT molecular complexity index is 595. The highest BCUT2D eigenvalue weighted by Crippen LogP contribution is 2.20. The summed E-state index contributed by atoms with van der Waals surface area (Å²) in [5.41, 5.74) is 2.50. The molecular weight excluding hydrogens is 230 g/mol. The molecule has 1 N–H and O–H groups in total. The molecule has 1 unspecified atom stereocenters. The van der Waals surface area contributed by atoms with Crippen molar-refractivity contribution in [3.05, 3.63) is 34.3 Å². The van der Waals surface area contributed by atoms with Crippen LogP contribution in [-0.4, -0.2) is 16.3 Å². The molecule has 2 rings (SSSR count). The van der Waals surface area contributed by atoms with Crippen molar-refractivity contribution < 1.29 is 9.52 Å². The Kier molecular flexibility index (Phi) is 3.57. The second kappa shape index (κ2) is 4.98. The molecule has 0 spiro atoms. The van der Waals surface area contributed by atoms with E-state index in [4.69, 9.17) is 4.42 Å². The molecule has 1 aromatic carbocycles. The van der Waals surface area contributed by atoms with Crippen LogP contribution < -0.4 is 5.76 Å². The lowest BCUT2D eigenvalue weighted by molar-refractivity contribution is 0.189. The minimum Gasteiger partial charge on any atom is -0.408 e. The van der Waals surface area contributed by atoms with Crippen LogP contribution in [0.3, 0.4) is 0 Å². The number of aryl methyl sites for hydroxylation is 1. The molecule has 0 bridgehead atoms.